The van der Waals surface area contributed by atoms with Crippen LogP contribution in [0.3, 0.4) is 0 Å². The van der Waals surface area contributed by atoms with Gasteiger partial charge >= 0.3 is 0 Å². The van der Waals surface area contributed by atoms with Crippen molar-refractivity contribution in [3.8, 4) is 0 Å². The average molecular weight is 344 g/mol. The molecule has 1 amide bonds. The molecule has 122 valence electrons. The van der Waals surface area contributed by atoms with Crippen LogP contribution in [-0.4, -0.2) is 20.4 Å². The maximum atomic E-state index is 12.5. The Morgan fingerprint density at radius 3 is 2.62 bits per heavy atom. The molecule has 4 N–H and O–H groups in total. The Bertz CT molecular complexity index is 985. The zero-order valence-electron chi connectivity index (χ0n) is 12.6. The molecule has 0 spiro atoms. The van der Waals surface area contributed by atoms with Gasteiger partial charge in [0.15, 0.2) is 0 Å². The predicted octanol–water partition coefficient (Wildman–Crippen LogP) is 1.26. The lowest BCUT2D eigenvalue weighted by Gasteiger charge is -2.16. The minimum absolute atomic E-state index is 0.0372. The number of aromatic nitrogens is 3. The van der Waals surface area contributed by atoms with Crippen LogP contribution >= 0.6 is 11.6 Å². The fourth-order valence-corrected chi connectivity index (χ4v) is 2.65. The SMILES string of the molecule is NC(=O)c1c(N)n(Cc2ccccn2)c2nc(CCl)ccc2c1=O. The van der Waals surface area contributed by atoms with Crippen LogP contribution in [0.15, 0.2) is 41.3 Å². The largest absolute Gasteiger partial charge is 0.384 e. The molecule has 0 saturated heterocycles. The summed E-state index contributed by atoms with van der Waals surface area (Å²) in [6, 6.07) is 8.62. The van der Waals surface area contributed by atoms with E-state index in [4.69, 9.17) is 23.1 Å². The number of pyridine rings is 3. The molecular formula is C16H14ClN5O2. The molecule has 7 nitrogen and oxygen atoms in total. The van der Waals surface area contributed by atoms with E-state index in [1.807, 2.05) is 6.07 Å². The number of amides is 1. The fourth-order valence-electron chi connectivity index (χ4n) is 2.50. The fraction of sp³-hybridized carbons (Fsp3) is 0.125. The Morgan fingerprint density at radius 2 is 2.00 bits per heavy atom. The van der Waals surface area contributed by atoms with Crippen molar-refractivity contribution in [2.45, 2.75) is 12.4 Å². The van der Waals surface area contributed by atoms with E-state index in [1.165, 1.54) is 0 Å². The van der Waals surface area contributed by atoms with E-state index in [9.17, 15) is 9.59 Å². The molecular weight excluding hydrogens is 330 g/mol. The summed E-state index contributed by atoms with van der Waals surface area (Å²) < 4.78 is 1.55. The van der Waals surface area contributed by atoms with Crippen LogP contribution in [0.4, 0.5) is 5.82 Å². The maximum Gasteiger partial charge on any atom is 0.256 e. The highest BCUT2D eigenvalue weighted by molar-refractivity contribution is 6.17. The number of halogens is 1. The quantitative estimate of drug-likeness (QED) is 0.691. The second-order valence-corrected chi connectivity index (χ2v) is 5.44. The first-order valence-electron chi connectivity index (χ1n) is 7.10. The Labute approximate surface area is 141 Å². The number of carbonyl (C=O) groups excluding carboxylic acids is 1. The molecule has 3 rings (SSSR count). The molecule has 0 aliphatic rings. The van der Waals surface area contributed by atoms with Crippen LogP contribution in [0, 0.1) is 0 Å². The smallest absolute Gasteiger partial charge is 0.256 e. The monoisotopic (exact) mass is 343 g/mol. The number of alkyl halides is 1. The molecule has 0 bridgehead atoms. The van der Waals surface area contributed by atoms with E-state index < -0.39 is 11.3 Å². The summed E-state index contributed by atoms with van der Waals surface area (Å²) >= 11 is 5.83. The van der Waals surface area contributed by atoms with Gasteiger partial charge in [0, 0.05) is 6.20 Å². The van der Waals surface area contributed by atoms with Crippen LogP contribution in [0.1, 0.15) is 21.7 Å². The molecule has 0 aliphatic carbocycles. The lowest BCUT2D eigenvalue weighted by atomic mass is 10.1. The number of fused-ring (bicyclic) bond motifs is 1. The third-order valence-corrected chi connectivity index (χ3v) is 3.91. The number of anilines is 1. The van der Waals surface area contributed by atoms with E-state index in [0.717, 1.165) is 0 Å². The molecule has 0 aromatic carbocycles. The summed E-state index contributed by atoms with van der Waals surface area (Å²) in [6.45, 7) is 0.239. The number of nitrogen functional groups attached to an aromatic ring is 1. The van der Waals surface area contributed by atoms with Gasteiger partial charge in [-0.05, 0) is 24.3 Å². The van der Waals surface area contributed by atoms with Gasteiger partial charge in [-0.3, -0.25) is 14.6 Å². The lowest BCUT2D eigenvalue weighted by Crippen LogP contribution is -2.28. The van der Waals surface area contributed by atoms with E-state index >= 15 is 0 Å². The van der Waals surface area contributed by atoms with Crippen molar-refractivity contribution >= 4 is 34.4 Å². The molecule has 8 heteroatoms. The van der Waals surface area contributed by atoms with Gasteiger partial charge in [0.1, 0.15) is 17.0 Å². The Kier molecular flexibility index (Phi) is 4.18. The van der Waals surface area contributed by atoms with Crippen molar-refractivity contribution in [3.63, 3.8) is 0 Å². The van der Waals surface area contributed by atoms with Gasteiger partial charge in [-0.15, -0.1) is 11.6 Å². The Hall–Kier alpha value is -2.93. The van der Waals surface area contributed by atoms with Crippen LogP contribution in [0.5, 0.6) is 0 Å². The second-order valence-electron chi connectivity index (χ2n) is 5.17. The first-order chi connectivity index (χ1) is 11.5. The van der Waals surface area contributed by atoms with Gasteiger partial charge in [-0.2, -0.15) is 0 Å². The van der Waals surface area contributed by atoms with Crippen LogP contribution in [0.2, 0.25) is 0 Å². The number of hydrogen-bond donors (Lipinski definition) is 2. The number of nitrogens with two attached hydrogens (primary N) is 2. The number of carbonyl (C=O) groups is 1. The Balaban J connectivity index is 2.35. The molecule has 3 aromatic heterocycles. The zero-order chi connectivity index (χ0) is 17.3. The average Bonchev–Trinajstić information content (AvgIpc) is 2.58. The third-order valence-electron chi connectivity index (χ3n) is 3.64. The summed E-state index contributed by atoms with van der Waals surface area (Å²) in [5.74, 6) is -0.731. The molecule has 0 aliphatic heterocycles. The van der Waals surface area contributed by atoms with Crippen LogP contribution in [-0.2, 0) is 12.4 Å². The summed E-state index contributed by atoms with van der Waals surface area (Å²) in [7, 11) is 0. The topological polar surface area (TPSA) is 117 Å². The predicted molar refractivity (Wildman–Crippen MR) is 91.8 cm³/mol. The summed E-state index contributed by atoms with van der Waals surface area (Å²) in [5, 5.41) is 0.253. The standard InChI is InChI=1S/C16H14ClN5O2/c17-7-9-4-5-11-13(23)12(15(19)24)14(18)22(16(11)21-9)8-10-3-1-2-6-20-10/h1-6H,7-8,18H2,(H2,19,24). The van der Waals surface area contributed by atoms with E-state index in [2.05, 4.69) is 9.97 Å². The first-order valence-corrected chi connectivity index (χ1v) is 7.64. The maximum absolute atomic E-state index is 12.5. The summed E-state index contributed by atoms with van der Waals surface area (Å²) in [6.07, 6.45) is 1.64. The highest BCUT2D eigenvalue weighted by atomic mass is 35.5. The molecule has 0 unspecified atom stereocenters. The van der Waals surface area contributed by atoms with Crippen molar-refractivity contribution in [1.29, 1.82) is 0 Å². The normalized spacial score (nSPS) is 10.9. The van der Waals surface area contributed by atoms with Crippen LogP contribution in [0.25, 0.3) is 11.0 Å². The van der Waals surface area contributed by atoms with Gasteiger partial charge in [-0.25, -0.2) is 4.98 Å². The highest BCUT2D eigenvalue weighted by Gasteiger charge is 2.20. The second kappa shape index (κ2) is 6.29. The van der Waals surface area contributed by atoms with Crippen LogP contribution < -0.4 is 16.9 Å². The van der Waals surface area contributed by atoms with Crippen molar-refractivity contribution < 1.29 is 4.79 Å². The molecule has 0 saturated carbocycles. The highest BCUT2D eigenvalue weighted by Crippen LogP contribution is 2.19. The zero-order valence-corrected chi connectivity index (χ0v) is 13.3. The molecule has 0 fully saturated rings. The number of hydrogen-bond acceptors (Lipinski definition) is 5. The van der Waals surface area contributed by atoms with Crippen molar-refractivity contribution in [3.05, 3.63) is 63.7 Å². The number of nitrogens with zero attached hydrogens (tertiary/aromatic N) is 3. The van der Waals surface area contributed by atoms with Gasteiger partial charge in [-0.1, -0.05) is 6.07 Å². The van der Waals surface area contributed by atoms with E-state index in [-0.39, 0.29) is 29.2 Å². The van der Waals surface area contributed by atoms with Crippen molar-refractivity contribution in [2.75, 3.05) is 5.73 Å². The van der Waals surface area contributed by atoms with Gasteiger partial charge in [0.2, 0.25) is 5.43 Å². The lowest BCUT2D eigenvalue weighted by molar-refractivity contribution is 0.1000. The van der Waals surface area contributed by atoms with Gasteiger partial charge in [0.25, 0.3) is 5.91 Å². The van der Waals surface area contributed by atoms with E-state index in [0.29, 0.717) is 17.0 Å². The minimum Gasteiger partial charge on any atom is -0.384 e. The Morgan fingerprint density at radius 1 is 1.21 bits per heavy atom. The van der Waals surface area contributed by atoms with Crippen molar-refractivity contribution in [1.82, 2.24) is 14.5 Å². The molecule has 24 heavy (non-hydrogen) atoms. The summed E-state index contributed by atoms with van der Waals surface area (Å²) in [5.41, 5.74) is 12.2. The first kappa shape index (κ1) is 15.9. The van der Waals surface area contributed by atoms with Gasteiger partial charge < -0.3 is 16.0 Å². The molecule has 0 atom stereocenters. The number of primary amides is 1. The minimum atomic E-state index is -0.879. The molecule has 3 aromatic rings. The number of rotatable bonds is 4. The van der Waals surface area contributed by atoms with E-state index in [1.54, 1.807) is 35.0 Å². The molecule has 0 radical (unpaired) electrons. The molecule has 3 heterocycles. The summed E-state index contributed by atoms with van der Waals surface area (Å²) in [4.78, 5) is 32.8. The third kappa shape index (κ3) is 2.69. The van der Waals surface area contributed by atoms with Gasteiger partial charge in [0.05, 0.1) is 29.2 Å². The van der Waals surface area contributed by atoms with Crippen molar-refractivity contribution in [2.24, 2.45) is 5.73 Å².